The van der Waals surface area contributed by atoms with Gasteiger partial charge in [-0.2, -0.15) is 13.2 Å². The van der Waals surface area contributed by atoms with Crippen molar-refractivity contribution in [2.45, 2.75) is 12.6 Å². The van der Waals surface area contributed by atoms with Crippen LogP contribution in [0.1, 0.15) is 12.0 Å². The second kappa shape index (κ2) is 10.9. The minimum absolute atomic E-state index is 0.0166. The van der Waals surface area contributed by atoms with Gasteiger partial charge >= 0.3 is 11.9 Å². The Morgan fingerprint density at radius 3 is 2.23 bits per heavy atom. The van der Waals surface area contributed by atoms with E-state index in [-0.39, 0.29) is 47.2 Å². The Kier molecular flexibility index (Phi) is 8.61. The second-order valence-corrected chi connectivity index (χ2v) is 6.77. The van der Waals surface area contributed by atoms with E-state index in [4.69, 9.17) is 37.4 Å². The normalized spacial score (nSPS) is 11.0. The van der Waals surface area contributed by atoms with E-state index in [1.54, 1.807) is 0 Å². The summed E-state index contributed by atoms with van der Waals surface area (Å²) in [5, 5.41) is 11.2. The molecule has 30 heavy (non-hydrogen) atoms. The molecule has 0 spiro atoms. The van der Waals surface area contributed by atoms with Crippen LogP contribution < -0.4 is 14.2 Å². The summed E-state index contributed by atoms with van der Waals surface area (Å²) in [5.41, 5.74) is -1.04. The zero-order valence-corrected chi connectivity index (χ0v) is 16.8. The highest BCUT2D eigenvalue weighted by Crippen LogP contribution is 2.32. The maximum atomic E-state index is 12.5. The van der Waals surface area contributed by atoms with Crippen molar-refractivity contribution in [3.63, 3.8) is 0 Å². The number of halogens is 5. The van der Waals surface area contributed by atoms with Crippen molar-refractivity contribution < 1.29 is 32.3 Å². The predicted molar refractivity (Wildman–Crippen MR) is 105 cm³/mol. The highest BCUT2D eigenvalue weighted by atomic mass is 35.5. The molecule has 0 fully saturated rings. The number of hydrogen-bond donors (Lipinski definition) is 0. The van der Waals surface area contributed by atoms with Gasteiger partial charge in [-0.3, -0.25) is 10.1 Å². The van der Waals surface area contributed by atoms with Gasteiger partial charge in [0.2, 0.25) is 0 Å². The van der Waals surface area contributed by atoms with Crippen LogP contribution >= 0.6 is 23.2 Å². The van der Waals surface area contributed by atoms with E-state index in [0.29, 0.717) is 6.42 Å². The minimum Gasteiger partial charge on any atom is -0.493 e. The molecule has 0 aromatic heterocycles. The highest BCUT2D eigenvalue weighted by Gasteiger charge is 2.30. The van der Waals surface area contributed by atoms with Gasteiger partial charge in [0.1, 0.15) is 22.6 Å². The molecule has 0 heterocycles. The molecule has 0 aliphatic heterocycles. The third kappa shape index (κ3) is 7.64. The number of rotatable bonds is 10. The molecule has 2 aromatic carbocycles. The molecular weight excluding hydrogens is 450 g/mol. The Morgan fingerprint density at radius 1 is 1.00 bits per heavy atom. The molecule has 2 aromatic rings. The third-order valence-corrected chi connectivity index (χ3v) is 3.92. The molecule has 2 rings (SSSR count). The molecule has 0 amide bonds. The van der Waals surface area contributed by atoms with Crippen LogP contribution in [0.25, 0.3) is 0 Å². The van der Waals surface area contributed by atoms with Gasteiger partial charge in [0.25, 0.3) is 0 Å². The SMILES string of the molecule is O=[N+]([O-])c1cc(OCC=C(Cl)Cl)ccc1OCCCOc1ccc(C(F)(F)F)cc1. The summed E-state index contributed by atoms with van der Waals surface area (Å²) >= 11 is 10.9. The lowest BCUT2D eigenvalue weighted by atomic mass is 10.2. The van der Waals surface area contributed by atoms with Gasteiger partial charge < -0.3 is 14.2 Å². The fraction of sp³-hybridized carbons (Fsp3) is 0.263. The van der Waals surface area contributed by atoms with Crippen LogP contribution in [0.3, 0.4) is 0 Å². The van der Waals surface area contributed by atoms with Crippen molar-refractivity contribution in [1.82, 2.24) is 0 Å². The zero-order chi connectivity index (χ0) is 22.1. The summed E-state index contributed by atoms with van der Waals surface area (Å²) in [6, 6.07) is 8.41. The first-order chi connectivity index (χ1) is 14.2. The first-order valence-corrected chi connectivity index (χ1v) is 9.27. The number of benzene rings is 2. The van der Waals surface area contributed by atoms with Crippen LogP contribution in [-0.4, -0.2) is 24.7 Å². The molecule has 0 aliphatic carbocycles. The van der Waals surface area contributed by atoms with E-state index < -0.39 is 16.7 Å². The molecule has 0 N–H and O–H groups in total. The summed E-state index contributed by atoms with van der Waals surface area (Å²) in [6.45, 7) is 0.305. The summed E-state index contributed by atoms with van der Waals surface area (Å²) in [7, 11) is 0. The number of alkyl halides is 3. The van der Waals surface area contributed by atoms with Crippen LogP contribution in [0.15, 0.2) is 53.0 Å². The van der Waals surface area contributed by atoms with Crippen LogP contribution in [0.5, 0.6) is 17.2 Å². The molecular formula is C19H16Cl2F3NO5. The van der Waals surface area contributed by atoms with Crippen LogP contribution in [0.2, 0.25) is 0 Å². The third-order valence-electron chi connectivity index (χ3n) is 3.61. The van der Waals surface area contributed by atoms with Gasteiger partial charge in [0.15, 0.2) is 5.75 Å². The number of ether oxygens (including phenoxy) is 3. The van der Waals surface area contributed by atoms with Crippen molar-refractivity contribution in [2.24, 2.45) is 0 Å². The Hall–Kier alpha value is -2.65. The predicted octanol–water partition coefficient (Wildman–Crippen LogP) is 6.16. The van der Waals surface area contributed by atoms with E-state index in [1.807, 2.05) is 0 Å². The van der Waals surface area contributed by atoms with E-state index in [0.717, 1.165) is 12.1 Å². The topological polar surface area (TPSA) is 70.8 Å². The lowest BCUT2D eigenvalue weighted by molar-refractivity contribution is -0.386. The van der Waals surface area contributed by atoms with Crippen LogP contribution in [-0.2, 0) is 6.18 Å². The van der Waals surface area contributed by atoms with Gasteiger partial charge in [0, 0.05) is 6.42 Å². The molecule has 0 saturated carbocycles. The molecule has 0 aliphatic rings. The Balaban J connectivity index is 1.83. The Morgan fingerprint density at radius 2 is 1.63 bits per heavy atom. The maximum Gasteiger partial charge on any atom is 0.416 e. The Labute approximate surface area is 179 Å². The van der Waals surface area contributed by atoms with E-state index in [2.05, 4.69) is 0 Å². The molecule has 162 valence electrons. The lowest BCUT2D eigenvalue weighted by Gasteiger charge is -2.10. The first kappa shape index (κ1) is 23.6. The summed E-state index contributed by atoms with van der Waals surface area (Å²) < 4.78 is 53.6. The molecule has 0 radical (unpaired) electrons. The molecule has 0 unspecified atom stereocenters. The van der Waals surface area contributed by atoms with Gasteiger partial charge in [-0.25, -0.2) is 0 Å². The zero-order valence-electron chi connectivity index (χ0n) is 15.3. The van der Waals surface area contributed by atoms with Crippen molar-refractivity contribution in [2.75, 3.05) is 19.8 Å². The summed E-state index contributed by atoms with van der Waals surface area (Å²) in [6.07, 6.45) is -2.67. The Bertz CT molecular complexity index is 885. The average Bonchev–Trinajstić information content (AvgIpc) is 2.67. The summed E-state index contributed by atoms with van der Waals surface area (Å²) in [4.78, 5) is 10.6. The van der Waals surface area contributed by atoms with Crippen molar-refractivity contribution in [3.05, 3.63) is 68.7 Å². The summed E-state index contributed by atoms with van der Waals surface area (Å²) in [5.74, 6) is 0.569. The standard InChI is InChI=1S/C19H16Cl2F3NO5/c20-18(21)8-11-29-15-6-7-17(16(12-15)25(26)27)30-10-1-9-28-14-4-2-13(3-5-14)19(22,23)24/h2-8,12H,1,9-11H2. The monoisotopic (exact) mass is 465 g/mol. The first-order valence-electron chi connectivity index (χ1n) is 8.52. The molecule has 0 bridgehead atoms. The van der Waals surface area contributed by atoms with E-state index in [1.165, 1.54) is 36.4 Å². The fourth-order valence-corrected chi connectivity index (χ4v) is 2.35. The van der Waals surface area contributed by atoms with Gasteiger partial charge in [-0.15, -0.1) is 0 Å². The molecule has 0 atom stereocenters. The average molecular weight is 466 g/mol. The number of hydrogen-bond acceptors (Lipinski definition) is 5. The number of nitro benzene ring substituents is 1. The minimum atomic E-state index is -4.41. The molecule has 0 saturated heterocycles. The van der Waals surface area contributed by atoms with Crippen molar-refractivity contribution in [1.29, 1.82) is 0 Å². The van der Waals surface area contributed by atoms with Gasteiger partial charge in [0.05, 0.1) is 29.8 Å². The van der Waals surface area contributed by atoms with E-state index in [9.17, 15) is 23.3 Å². The molecule has 6 nitrogen and oxygen atoms in total. The van der Waals surface area contributed by atoms with Crippen LogP contribution in [0.4, 0.5) is 18.9 Å². The van der Waals surface area contributed by atoms with Gasteiger partial charge in [-0.1, -0.05) is 23.2 Å². The smallest absolute Gasteiger partial charge is 0.416 e. The molecule has 11 heteroatoms. The van der Waals surface area contributed by atoms with E-state index >= 15 is 0 Å². The maximum absolute atomic E-state index is 12.5. The van der Waals surface area contributed by atoms with Gasteiger partial charge in [-0.05, 0) is 42.5 Å². The largest absolute Gasteiger partial charge is 0.493 e. The van der Waals surface area contributed by atoms with Crippen molar-refractivity contribution >= 4 is 28.9 Å². The second-order valence-electron chi connectivity index (χ2n) is 5.76. The quantitative estimate of drug-likeness (QED) is 0.238. The lowest BCUT2D eigenvalue weighted by Crippen LogP contribution is -2.07. The highest BCUT2D eigenvalue weighted by molar-refractivity contribution is 6.55. The van der Waals surface area contributed by atoms with Crippen LogP contribution in [0, 0.1) is 10.1 Å². The van der Waals surface area contributed by atoms with Crippen molar-refractivity contribution in [3.8, 4) is 17.2 Å². The fourth-order valence-electron chi connectivity index (χ4n) is 2.22. The number of nitrogens with zero attached hydrogens (tertiary/aromatic N) is 1. The number of nitro groups is 1.